The summed E-state index contributed by atoms with van der Waals surface area (Å²) in [7, 11) is 3.33. The minimum atomic E-state index is 0.134. The van der Waals surface area contributed by atoms with Crippen LogP contribution in [0.1, 0.15) is 18.5 Å². The number of ether oxygens (including phenoxy) is 3. The van der Waals surface area contributed by atoms with E-state index in [1.165, 1.54) is 0 Å². The zero-order valence-electron chi connectivity index (χ0n) is 12.5. The Morgan fingerprint density at radius 3 is 2.80 bits per heavy atom. The van der Waals surface area contributed by atoms with E-state index in [9.17, 15) is 0 Å². The van der Waals surface area contributed by atoms with Crippen LogP contribution < -0.4 is 15.2 Å². The Morgan fingerprint density at radius 1 is 1.40 bits per heavy atom. The Balaban J connectivity index is 2.30. The van der Waals surface area contributed by atoms with Crippen LogP contribution in [0, 0.1) is 0 Å². The van der Waals surface area contributed by atoms with Gasteiger partial charge in [-0.3, -0.25) is 4.90 Å². The Labute approximate surface area is 120 Å². The molecule has 0 amide bonds. The molecule has 1 aromatic carbocycles. The molecule has 0 saturated carbocycles. The molecule has 0 aromatic heterocycles. The maximum atomic E-state index is 6.02. The number of methoxy groups -OCH3 is 2. The predicted octanol–water partition coefficient (Wildman–Crippen LogP) is 1.42. The van der Waals surface area contributed by atoms with Crippen molar-refractivity contribution < 1.29 is 14.2 Å². The molecule has 5 heteroatoms. The summed E-state index contributed by atoms with van der Waals surface area (Å²) < 4.78 is 16.3. The Bertz CT molecular complexity index is 439. The van der Waals surface area contributed by atoms with Crippen LogP contribution in [0.2, 0.25) is 0 Å². The average molecular weight is 280 g/mol. The first-order valence-corrected chi connectivity index (χ1v) is 6.96. The molecule has 20 heavy (non-hydrogen) atoms. The number of hydrogen-bond acceptors (Lipinski definition) is 5. The second-order valence-corrected chi connectivity index (χ2v) is 5.02. The number of rotatable bonds is 5. The van der Waals surface area contributed by atoms with Gasteiger partial charge >= 0.3 is 0 Å². The third-order valence-corrected chi connectivity index (χ3v) is 3.84. The number of nitrogens with zero attached hydrogens (tertiary/aromatic N) is 1. The first kappa shape index (κ1) is 15.1. The molecule has 2 rings (SSSR count). The van der Waals surface area contributed by atoms with Gasteiger partial charge in [-0.2, -0.15) is 0 Å². The molecule has 0 aliphatic carbocycles. The number of hydrogen-bond donors (Lipinski definition) is 1. The van der Waals surface area contributed by atoms with E-state index in [1.54, 1.807) is 14.2 Å². The van der Waals surface area contributed by atoms with E-state index in [0.29, 0.717) is 12.6 Å². The van der Waals surface area contributed by atoms with Crippen LogP contribution in [0.15, 0.2) is 18.2 Å². The molecule has 2 atom stereocenters. The van der Waals surface area contributed by atoms with Gasteiger partial charge in [-0.15, -0.1) is 0 Å². The highest BCUT2D eigenvalue weighted by Crippen LogP contribution is 2.33. The molecule has 1 aliphatic heterocycles. The molecule has 2 N–H and O–H groups in total. The fourth-order valence-corrected chi connectivity index (χ4v) is 2.74. The van der Waals surface area contributed by atoms with Gasteiger partial charge in [0.15, 0.2) is 0 Å². The van der Waals surface area contributed by atoms with Gasteiger partial charge in [0.1, 0.15) is 11.5 Å². The summed E-state index contributed by atoms with van der Waals surface area (Å²) in [6.45, 7) is 5.09. The van der Waals surface area contributed by atoms with Gasteiger partial charge in [-0.05, 0) is 13.0 Å². The zero-order valence-corrected chi connectivity index (χ0v) is 12.5. The molecule has 2 unspecified atom stereocenters. The second-order valence-electron chi connectivity index (χ2n) is 5.02. The summed E-state index contributed by atoms with van der Waals surface area (Å²) in [6, 6.07) is 6.38. The highest BCUT2D eigenvalue weighted by molar-refractivity contribution is 5.42. The van der Waals surface area contributed by atoms with Crippen LogP contribution in [0.25, 0.3) is 0 Å². The molecular formula is C15H24N2O3. The maximum Gasteiger partial charge on any atom is 0.127 e. The zero-order chi connectivity index (χ0) is 14.5. The first-order chi connectivity index (χ1) is 9.71. The lowest BCUT2D eigenvalue weighted by Gasteiger charge is -2.39. The lowest BCUT2D eigenvalue weighted by Crippen LogP contribution is -2.47. The average Bonchev–Trinajstić information content (AvgIpc) is 2.50. The van der Waals surface area contributed by atoms with Crippen molar-refractivity contribution in [2.24, 2.45) is 5.73 Å². The van der Waals surface area contributed by atoms with E-state index in [2.05, 4.69) is 11.8 Å². The number of nitrogens with two attached hydrogens (primary N) is 1. The van der Waals surface area contributed by atoms with Crippen molar-refractivity contribution in [2.75, 3.05) is 40.5 Å². The van der Waals surface area contributed by atoms with Crippen molar-refractivity contribution in [2.45, 2.75) is 19.0 Å². The van der Waals surface area contributed by atoms with Crippen molar-refractivity contribution in [1.29, 1.82) is 0 Å². The van der Waals surface area contributed by atoms with Gasteiger partial charge in [0.25, 0.3) is 0 Å². The molecule has 5 nitrogen and oxygen atoms in total. The monoisotopic (exact) mass is 280 g/mol. The van der Waals surface area contributed by atoms with E-state index < -0.39 is 0 Å². The Morgan fingerprint density at radius 2 is 2.20 bits per heavy atom. The summed E-state index contributed by atoms with van der Waals surface area (Å²) in [5, 5.41) is 0. The van der Waals surface area contributed by atoms with Crippen molar-refractivity contribution in [1.82, 2.24) is 4.90 Å². The van der Waals surface area contributed by atoms with E-state index in [4.69, 9.17) is 19.9 Å². The predicted molar refractivity (Wildman–Crippen MR) is 78.3 cm³/mol. The molecular weight excluding hydrogens is 256 g/mol. The van der Waals surface area contributed by atoms with Crippen molar-refractivity contribution >= 4 is 0 Å². The summed E-state index contributed by atoms with van der Waals surface area (Å²) >= 11 is 0. The fraction of sp³-hybridized carbons (Fsp3) is 0.600. The minimum Gasteiger partial charge on any atom is -0.497 e. The molecule has 0 spiro atoms. The Kier molecular flexibility index (Phi) is 5.23. The van der Waals surface area contributed by atoms with Crippen LogP contribution in [-0.4, -0.2) is 51.5 Å². The van der Waals surface area contributed by atoms with Gasteiger partial charge in [0.05, 0.1) is 33.5 Å². The highest BCUT2D eigenvalue weighted by Gasteiger charge is 2.28. The quantitative estimate of drug-likeness (QED) is 0.884. The molecule has 0 radical (unpaired) electrons. The highest BCUT2D eigenvalue weighted by atomic mass is 16.5. The van der Waals surface area contributed by atoms with Gasteiger partial charge in [0.2, 0.25) is 0 Å². The van der Waals surface area contributed by atoms with Crippen LogP contribution in [0.4, 0.5) is 0 Å². The van der Waals surface area contributed by atoms with Crippen molar-refractivity contribution in [3.05, 3.63) is 23.8 Å². The molecule has 1 fully saturated rings. The smallest absolute Gasteiger partial charge is 0.127 e. The molecule has 1 saturated heterocycles. The standard InChI is InChI=1S/C15H24N2O3/c1-11-10-20-7-6-17(11)14(9-16)13-5-4-12(18-2)8-15(13)19-3/h4-5,8,11,14H,6-7,9-10,16H2,1-3H3. The molecule has 1 heterocycles. The SMILES string of the molecule is COc1ccc(C(CN)N2CCOCC2C)c(OC)c1. The first-order valence-electron chi connectivity index (χ1n) is 6.96. The van der Waals surface area contributed by atoms with Crippen LogP contribution in [0.5, 0.6) is 11.5 Å². The van der Waals surface area contributed by atoms with Crippen molar-refractivity contribution in [3.63, 3.8) is 0 Å². The topological polar surface area (TPSA) is 57.0 Å². The van der Waals surface area contributed by atoms with Crippen LogP contribution >= 0.6 is 0 Å². The second kappa shape index (κ2) is 6.92. The molecule has 1 aromatic rings. The summed E-state index contributed by atoms with van der Waals surface area (Å²) in [5.74, 6) is 1.61. The van der Waals surface area contributed by atoms with Gasteiger partial charge < -0.3 is 19.9 Å². The molecule has 1 aliphatic rings. The number of morpholine rings is 1. The van der Waals surface area contributed by atoms with E-state index in [1.807, 2.05) is 18.2 Å². The lowest BCUT2D eigenvalue weighted by molar-refractivity contribution is -0.0213. The van der Waals surface area contributed by atoms with Crippen molar-refractivity contribution in [3.8, 4) is 11.5 Å². The minimum absolute atomic E-state index is 0.134. The van der Waals surface area contributed by atoms with E-state index in [-0.39, 0.29) is 6.04 Å². The molecule has 0 bridgehead atoms. The third-order valence-electron chi connectivity index (χ3n) is 3.84. The lowest BCUT2D eigenvalue weighted by atomic mass is 10.0. The number of benzene rings is 1. The summed E-state index contributed by atoms with van der Waals surface area (Å²) in [4.78, 5) is 2.38. The largest absolute Gasteiger partial charge is 0.497 e. The van der Waals surface area contributed by atoms with Crippen LogP contribution in [0.3, 0.4) is 0 Å². The van der Waals surface area contributed by atoms with Crippen LogP contribution in [-0.2, 0) is 4.74 Å². The summed E-state index contributed by atoms with van der Waals surface area (Å²) in [5.41, 5.74) is 7.12. The van der Waals surface area contributed by atoms with E-state index >= 15 is 0 Å². The van der Waals surface area contributed by atoms with Gasteiger partial charge in [-0.1, -0.05) is 6.07 Å². The maximum absolute atomic E-state index is 6.02. The third kappa shape index (κ3) is 3.06. The van der Waals surface area contributed by atoms with Gasteiger partial charge in [0, 0.05) is 30.8 Å². The Hall–Kier alpha value is -1.30. The summed E-state index contributed by atoms with van der Waals surface area (Å²) in [6.07, 6.45) is 0. The van der Waals surface area contributed by atoms with E-state index in [0.717, 1.165) is 36.8 Å². The normalized spacial score (nSPS) is 21.5. The van der Waals surface area contributed by atoms with Gasteiger partial charge in [-0.25, -0.2) is 0 Å². The fourth-order valence-electron chi connectivity index (χ4n) is 2.74. The molecule has 112 valence electrons.